The summed E-state index contributed by atoms with van der Waals surface area (Å²) in [6.07, 6.45) is 7.60. The number of unbranched alkanes of at least 4 members (excludes halogenated alkanes) is 1. The van der Waals surface area contributed by atoms with E-state index >= 15 is 0 Å². The minimum absolute atomic E-state index is 0.121. The Hall–Kier alpha value is -0.580. The highest BCUT2D eigenvalue weighted by atomic mass is 32.2. The Labute approximate surface area is 133 Å². The number of ether oxygens (including phenoxy) is 1. The molecule has 1 aliphatic carbocycles. The van der Waals surface area contributed by atoms with Crippen LogP contribution in [0.1, 0.15) is 72.6 Å². The Morgan fingerprint density at radius 2 is 1.90 bits per heavy atom. The van der Waals surface area contributed by atoms with Gasteiger partial charge in [-0.15, -0.1) is 11.8 Å². The maximum absolute atomic E-state index is 11.8. The Morgan fingerprint density at radius 3 is 2.48 bits per heavy atom. The molecule has 0 aromatic heterocycles. The van der Waals surface area contributed by atoms with Crippen molar-refractivity contribution < 1.29 is 9.53 Å². The molecule has 1 saturated carbocycles. The fourth-order valence-corrected chi connectivity index (χ4v) is 3.33. The third kappa shape index (κ3) is 7.84. The van der Waals surface area contributed by atoms with Crippen molar-refractivity contribution in [2.24, 2.45) is 10.2 Å². The molecule has 1 aliphatic rings. The van der Waals surface area contributed by atoms with Crippen LogP contribution in [0.3, 0.4) is 0 Å². The molecule has 0 unspecified atom stereocenters. The van der Waals surface area contributed by atoms with Gasteiger partial charge in [0, 0.05) is 0 Å². The van der Waals surface area contributed by atoms with Gasteiger partial charge < -0.3 is 4.74 Å². The number of carbonyl (C=O) groups is 1. The predicted molar refractivity (Wildman–Crippen MR) is 88.8 cm³/mol. The molecule has 0 aliphatic heterocycles. The third-order valence-corrected chi connectivity index (χ3v) is 4.79. The second kappa shape index (κ2) is 8.76. The Bertz CT molecular complexity index is 345. The summed E-state index contributed by atoms with van der Waals surface area (Å²) in [6, 6.07) is 0. The maximum atomic E-state index is 11.8. The van der Waals surface area contributed by atoms with E-state index in [0.29, 0.717) is 12.4 Å². The molecule has 0 amide bonds. The largest absolute Gasteiger partial charge is 0.465 e. The average molecular weight is 314 g/mol. The number of rotatable bonds is 7. The van der Waals surface area contributed by atoms with Crippen molar-refractivity contribution in [3.8, 4) is 0 Å². The first-order valence-electron chi connectivity index (χ1n) is 8.10. The van der Waals surface area contributed by atoms with E-state index in [1.165, 1.54) is 19.3 Å². The molecule has 0 bridgehead atoms. The molecule has 5 heteroatoms. The lowest BCUT2D eigenvalue weighted by molar-refractivity contribution is -0.140. The van der Waals surface area contributed by atoms with Crippen LogP contribution < -0.4 is 0 Å². The van der Waals surface area contributed by atoms with Gasteiger partial charge in [-0.05, 0) is 40.0 Å². The van der Waals surface area contributed by atoms with Crippen molar-refractivity contribution in [3.05, 3.63) is 0 Å². The number of azo groups is 1. The van der Waals surface area contributed by atoms with Gasteiger partial charge in [0.2, 0.25) is 0 Å². The van der Waals surface area contributed by atoms with Crippen molar-refractivity contribution >= 4 is 17.7 Å². The van der Waals surface area contributed by atoms with Crippen LogP contribution >= 0.6 is 11.8 Å². The molecule has 0 N–H and O–H groups in total. The van der Waals surface area contributed by atoms with Gasteiger partial charge in [-0.25, -0.2) is 0 Å². The van der Waals surface area contributed by atoms with Gasteiger partial charge in [-0.1, -0.05) is 32.6 Å². The highest BCUT2D eigenvalue weighted by molar-refractivity contribution is 8.01. The lowest BCUT2D eigenvalue weighted by atomic mass is 9.95. The fourth-order valence-electron chi connectivity index (χ4n) is 2.18. The van der Waals surface area contributed by atoms with Crippen LogP contribution in [0.2, 0.25) is 0 Å². The molecule has 4 nitrogen and oxygen atoms in total. The number of nitrogens with zero attached hydrogens (tertiary/aromatic N) is 2. The summed E-state index contributed by atoms with van der Waals surface area (Å²) in [4.78, 5) is 11.6. The smallest absolute Gasteiger partial charge is 0.315 e. The summed E-state index contributed by atoms with van der Waals surface area (Å²) in [7, 11) is 0. The summed E-state index contributed by atoms with van der Waals surface area (Å²) < 4.78 is 5.23. The summed E-state index contributed by atoms with van der Waals surface area (Å²) in [5.41, 5.74) is -0.160. The molecule has 1 fully saturated rings. The SMILES string of the molecule is CCCCOC(=O)CSC1(N=NC(C)(C)C)CCCCC1. The minimum atomic E-state index is -0.213. The third-order valence-electron chi connectivity index (χ3n) is 3.39. The summed E-state index contributed by atoms with van der Waals surface area (Å²) in [5.74, 6) is 0.261. The molecule has 122 valence electrons. The predicted octanol–water partition coefficient (Wildman–Crippen LogP) is 4.97. The molecule has 0 heterocycles. The van der Waals surface area contributed by atoms with Gasteiger partial charge in [0.15, 0.2) is 0 Å². The Morgan fingerprint density at radius 1 is 1.24 bits per heavy atom. The van der Waals surface area contributed by atoms with Gasteiger partial charge in [0.05, 0.1) is 17.9 Å². The van der Waals surface area contributed by atoms with E-state index in [2.05, 4.69) is 37.9 Å². The molecule has 0 aromatic rings. The molecule has 0 aromatic carbocycles. The Balaban J connectivity index is 2.54. The van der Waals surface area contributed by atoms with E-state index in [-0.39, 0.29) is 16.4 Å². The molecular formula is C16H30N2O2S. The van der Waals surface area contributed by atoms with E-state index < -0.39 is 0 Å². The second-order valence-corrected chi connectivity index (χ2v) is 8.08. The molecule has 0 spiro atoms. The minimum Gasteiger partial charge on any atom is -0.465 e. The standard InChI is InChI=1S/C16H30N2O2S/c1-5-6-12-20-14(19)13-21-16(10-8-7-9-11-16)18-17-15(2,3)4/h5-13H2,1-4H3. The number of thioether (sulfide) groups is 1. The van der Waals surface area contributed by atoms with Crippen LogP contribution in [0.5, 0.6) is 0 Å². The van der Waals surface area contributed by atoms with E-state index in [9.17, 15) is 4.79 Å². The molecular weight excluding hydrogens is 284 g/mol. The normalized spacial score (nSPS) is 18.9. The van der Waals surface area contributed by atoms with Crippen LogP contribution in [0.4, 0.5) is 0 Å². The molecule has 0 radical (unpaired) electrons. The van der Waals surface area contributed by atoms with Crippen LogP contribution in [0, 0.1) is 0 Å². The molecule has 21 heavy (non-hydrogen) atoms. The summed E-state index contributed by atoms with van der Waals surface area (Å²) >= 11 is 1.62. The number of esters is 1. The van der Waals surface area contributed by atoms with E-state index in [0.717, 1.165) is 25.7 Å². The highest BCUT2D eigenvalue weighted by Crippen LogP contribution is 2.42. The first kappa shape index (κ1) is 18.5. The fraction of sp³-hybridized carbons (Fsp3) is 0.938. The van der Waals surface area contributed by atoms with Crippen LogP contribution in [-0.2, 0) is 9.53 Å². The van der Waals surface area contributed by atoms with E-state index in [1.54, 1.807) is 11.8 Å². The van der Waals surface area contributed by atoms with Crippen molar-refractivity contribution in [2.75, 3.05) is 12.4 Å². The molecule has 0 saturated heterocycles. The van der Waals surface area contributed by atoms with Gasteiger partial charge in [-0.2, -0.15) is 10.2 Å². The van der Waals surface area contributed by atoms with Gasteiger partial charge >= 0.3 is 5.97 Å². The van der Waals surface area contributed by atoms with Crippen molar-refractivity contribution in [1.29, 1.82) is 0 Å². The zero-order chi connectivity index (χ0) is 15.8. The lowest BCUT2D eigenvalue weighted by Crippen LogP contribution is -2.28. The molecule has 1 rings (SSSR count). The zero-order valence-electron chi connectivity index (χ0n) is 14.0. The monoisotopic (exact) mass is 314 g/mol. The van der Waals surface area contributed by atoms with Crippen molar-refractivity contribution in [1.82, 2.24) is 0 Å². The number of hydrogen-bond donors (Lipinski definition) is 0. The average Bonchev–Trinajstić information content (AvgIpc) is 2.44. The van der Waals surface area contributed by atoms with Crippen LogP contribution in [0.25, 0.3) is 0 Å². The summed E-state index contributed by atoms with van der Waals surface area (Å²) in [6.45, 7) is 8.78. The van der Waals surface area contributed by atoms with E-state index in [1.807, 2.05) is 0 Å². The van der Waals surface area contributed by atoms with Crippen molar-refractivity contribution in [2.45, 2.75) is 83.1 Å². The highest BCUT2D eigenvalue weighted by Gasteiger charge is 2.34. The molecule has 0 atom stereocenters. The van der Waals surface area contributed by atoms with E-state index in [4.69, 9.17) is 4.74 Å². The van der Waals surface area contributed by atoms with Gasteiger partial charge in [-0.3, -0.25) is 4.79 Å². The number of hydrogen-bond acceptors (Lipinski definition) is 5. The quantitative estimate of drug-likeness (QED) is 0.378. The van der Waals surface area contributed by atoms with Gasteiger partial charge in [0.1, 0.15) is 4.87 Å². The van der Waals surface area contributed by atoms with Gasteiger partial charge in [0.25, 0.3) is 0 Å². The second-order valence-electron chi connectivity index (χ2n) is 6.74. The van der Waals surface area contributed by atoms with Crippen LogP contribution in [-0.4, -0.2) is 28.7 Å². The zero-order valence-corrected chi connectivity index (χ0v) is 14.8. The van der Waals surface area contributed by atoms with Crippen molar-refractivity contribution in [3.63, 3.8) is 0 Å². The number of carbonyl (C=O) groups excluding carboxylic acids is 1. The van der Waals surface area contributed by atoms with Crippen LogP contribution in [0.15, 0.2) is 10.2 Å². The first-order valence-corrected chi connectivity index (χ1v) is 9.09. The maximum Gasteiger partial charge on any atom is 0.315 e. The lowest BCUT2D eigenvalue weighted by Gasteiger charge is -2.32. The topological polar surface area (TPSA) is 51.0 Å². The summed E-state index contributed by atoms with van der Waals surface area (Å²) in [5, 5.41) is 9.09. The first-order chi connectivity index (χ1) is 9.87. The Kier molecular flexibility index (Phi) is 7.71.